The Morgan fingerprint density at radius 3 is 2.53 bits per heavy atom. The second kappa shape index (κ2) is 6.25. The fraction of sp³-hybridized carbons (Fsp3) is 0.438. The summed E-state index contributed by atoms with van der Waals surface area (Å²) < 4.78 is 0. The molecule has 0 aromatic heterocycles. The van der Waals surface area contributed by atoms with Crippen LogP contribution < -0.4 is 0 Å². The fourth-order valence-electron chi connectivity index (χ4n) is 2.09. The molecule has 0 atom stereocenters. The maximum Gasteiger partial charge on any atom is 0.0656 e. The van der Waals surface area contributed by atoms with Gasteiger partial charge in [-0.15, -0.1) is 0 Å². The quantitative estimate of drug-likeness (QED) is 0.725. The molecule has 2 rings (SSSR count). The fourth-order valence-corrected chi connectivity index (χ4v) is 2.09. The molecule has 1 aliphatic rings. The van der Waals surface area contributed by atoms with E-state index >= 15 is 0 Å². The number of hydrogen-bond acceptors (Lipinski definition) is 1. The number of hydrogen-bond donors (Lipinski definition) is 0. The Labute approximate surface area is 105 Å². The van der Waals surface area contributed by atoms with E-state index < -0.39 is 0 Å². The maximum absolute atomic E-state index is 8.72. The van der Waals surface area contributed by atoms with Crippen molar-refractivity contribution >= 4 is 5.57 Å². The van der Waals surface area contributed by atoms with Crippen LogP contribution in [0.5, 0.6) is 0 Å². The number of nitriles is 1. The monoisotopic (exact) mass is 227 g/mol. The molecule has 17 heavy (non-hydrogen) atoms. The summed E-state index contributed by atoms with van der Waals surface area (Å²) in [6.45, 7) is 10.2. The minimum Gasteiger partial charge on any atom is -0.198 e. The lowest BCUT2D eigenvalue weighted by molar-refractivity contribution is 0.314. The highest BCUT2D eigenvalue weighted by Gasteiger charge is 2.31. The minimum absolute atomic E-state index is 0.261. The molecule has 0 amide bonds. The Balaban J connectivity index is 0.000000686. The topological polar surface area (TPSA) is 23.8 Å². The zero-order valence-corrected chi connectivity index (χ0v) is 11.0. The van der Waals surface area contributed by atoms with Crippen LogP contribution in [0, 0.1) is 30.1 Å². The van der Waals surface area contributed by atoms with Gasteiger partial charge in [0.2, 0.25) is 0 Å². The number of allylic oxidation sites excluding steroid dienone is 1. The molecule has 0 spiro atoms. The van der Waals surface area contributed by atoms with Crippen molar-refractivity contribution in [2.45, 2.75) is 33.6 Å². The Morgan fingerprint density at radius 2 is 2.00 bits per heavy atom. The van der Waals surface area contributed by atoms with Gasteiger partial charge in [0, 0.05) is 5.92 Å². The molecule has 1 aromatic rings. The molecule has 1 saturated carbocycles. The average molecular weight is 227 g/mol. The molecule has 90 valence electrons. The predicted molar refractivity (Wildman–Crippen MR) is 73.4 cm³/mol. The molecular weight excluding hydrogens is 206 g/mol. The van der Waals surface area contributed by atoms with E-state index in [0.717, 1.165) is 12.8 Å². The van der Waals surface area contributed by atoms with Gasteiger partial charge in [0.25, 0.3) is 0 Å². The zero-order chi connectivity index (χ0) is 12.8. The van der Waals surface area contributed by atoms with Gasteiger partial charge in [0.05, 0.1) is 6.07 Å². The summed E-state index contributed by atoms with van der Waals surface area (Å²) in [5, 5.41) is 8.72. The highest BCUT2D eigenvalue weighted by Crippen LogP contribution is 2.41. The van der Waals surface area contributed by atoms with Crippen LogP contribution in [0.3, 0.4) is 0 Å². The molecule has 1 aliphatic carbocycles. The van der Waals surface area contributed by atoms with Gasteiger partial charge in [-0.3, -0.25) is 0 Å². The van der Waals surface area contributed by atoms with Crippen LogP contribution in [0.2, 0.25) is 0 Å². The second-order valence-corrected chi connectivity index (χ2v) is 4.39. The summed E-state index contributed by atoms with van der Waals surface area (Å²) in [6.07, 6.45) is 1.98. The molecule has 0 bridgehead atoms. The molecular formula is C16H21N. The summed E-state index contributed by atoms with van der Waals surface area (Å²) in [5.41, 5.74) is 3.70. The van der Waals surface area contributed by atoms with E-state index in [4.69, 9.17) is 5.26 Å². The first kappa shape index (κ1) is 13.5. The third-order valence-electron chi connectivity index (χ3n) is 3.20. The van der Waals surface area contributed by atoms with Crippen molar-refractivity contribution in [1.29, 1.82) is 5.26 Å². The molecule has 1 heteroatoms. The molecule has 0 saturated heterocycles. The van der Waals surface area contributed by atoms with E-state index in [0.29, 0.717) is 5.92 Å². The van der Waals surface area contributed by atoms with E-state index in [1.165, 1.54) is 16.7 Å². The molecule has 1 aromatic carbocycles. The summed E-state index contributed by atoms with van der Waals surface area (Å²) in [5.74, 6) is 0.785. The molecule has 1 nitrogen and oxygen atoms in total. The highest BCUT2D eigenvalue weighted by atomic mass is 14.4. The molecule has 0 N–H and O–H groups in total. The standard InChI is InChI=1S/C14H15N.C2H6/c1-10-4-3-5-13(6-10)11(2)14-7-12(8-14)9-15;1-2/h3-6,12,14H,2,7-8H2,1H3;1-2H3. The van der Waals surface area contributed by atoms with Crippen LogP contribution in [0.1, 0.15) is 37.8 Å². The zero-order valence-electron chi connectivity index (χ0n) is 11.0. The van der Waals surface area contributed by atoms with Crippen molar-refractivity contribution in [3.05, 3.63) is 42.0 Å². The normalized spacial score (nSPS) is 21.5. The minimum atomic E-state index is 0.261. The number of rotatable bonds is 2. The lowest BCUT2D eigenvalue weighted by atomic mass is 9.70. The van der Waals surface area contributed by atoms with E-state index in [1.807, 2.05) is 13.8 Å². The molecule has 0 unspecified atom stereocenters. The first-order valence-corrected chi connectivity index (χ1v) is 6.36. The lowest BCUT2D eigenvalue weighted by Crippen LogP contribution is -2.22. The van der Waals surface area contributed by atoms with Gasteiger partial charge in [-0.1, -0.05) is 50.3 Å². The number of benzene rings is 1. The Kier molecular flexibility index (Phi) is 4.97. The second-order valence-electron chi connectivity index (χ2n) is 4.39. The van der Waals surface area contributed by atoms with E-state index in [9.17, 15) is 0 Å². The van der Waals surface area contributed by atoms with Gasteiger partial charge in [-0.2, -0.15) is 5.26 Å². The SMILES string of the molecule is C=C(c1cccc(C)c1)C1CC(C#N)C1.CC. The van der Waals surface area contributed by atoms with Gasteiger partial charge >= 0.3 is 0 Å². The van der Waals surface area contributed by atoms with E-state index in [1.54, 1.807) is 0 Å². The first-order valence-electron chi connectivity index (χ1n) is 6.36. The molecule has 0 aliphatic heterocycles. The van der Waals surface area contributed by atoms with Crippen LogP contribution in [0.15, 0.2) is 30.8 Å². The smallest absolute Gasteiger partial charge is 0.0656 e. The van der Waals surface area contributed by atoms with Gasteiger partial charge in [-0.05, 0) is 36.8 Å². The Hall–Kier alpha value is -1.55. The Morgan fingerprint density at radius 1 is 1.35 bits per heavy atom. The summed E-state index contributed by atoms with van der Waals surface area (Å²) in [6, 6.07) is 10.7. The maximum atomic E-state index is 8.72. The molecule has 1 fully saturated rings. The van der Waals surface area contributed by atoms with Crippen molar-refractivity contribution in [2.75, 3.05) is 0 Å². The third kappa shape index (κ3) is 3.20. The lowest BCUT2D eigenvalue weighted by Gasteiger charge is -2.32. The largest absolute Gasteiger partial charge is 0.198 e. The summed E-state index contributed by atoms with van der Waals surface area (Å²) in [7, 11) is 0. The van der Waals surface area contributed by atoms with Crippen molar-refractivity contribution < 1.29 is 0 Å². The highest BCUT2D eigenvalue weighted by molar-refractivity contribution is 5.66. The van der Waals surface area contributed by atoms with Crippen LogP contribution in [-0.2, 0) is 0 Å². The van der Waals surface area contributed by atoms with E-state index in [-0.39, 0.29) is 5.92 Å². The molecule has 0 heterocycles. The van der Waals surface area contributed by atoms with Crippen molar-refractivity contribution in [3.63, 3.8) is 0 Å². The van der Waals surface area contributed by atoms with Crippen molar-refractivity contribution in [3.8, 4) is 6.07 Å². The van der Waals surface area contributed by atoms with Crippen molar-refractivity contribution in [2.24, 2.45) is 11.8 Å². The number of nitrogens with zero attached hydrogens (tertiary/aromatic N) is 1. The number of aryl methyl sites for hydroxylation is 1. The first-order chi connectivity index (χ1) is 8.20. The summed E-state index contributed by atoms with van der Waals surface area (Å²) in [4.78, 5) is 0. The van der Waals surface area contributed by atoms with Gasteiger partial charge < -0.3 is 0 Å². The van der Waals surface area contributed by atoms with Gasteiger partial charge in [0.15, 0.2) is 0 Å². The van der Waals surface area contributed by atoms with Crippen LogP contribution in [-0.4, -0.2) is 0 Å². The van der Waals surface area contributed by atoms with Gasteiger partial charge in [-0.25, -0.2) is 0 Å². The molecule has 0 radical (unpaired) electrons. The third-order valence-corrected chi connectivity index (χ3v) is 3.20. The average Bonchev–Trinajstić information content (AvgIpc) is 2.30. The summed E-state index contributed by atoms with van der Waals surface area (Å²) >= 11 is 0. The van der Waals surface area contributed by atoms with Gasteiger partial charge in [0.1, 0.15) is 0 Å². The van der Waals surface area contributed by atoms with Crippen LogP contribution in [0.4, 0.5) is 0 Å². The predicted octanol–water partition coefficient (Wildman–Crippen LogP) is 4.58. The van der Waals surface area contributed by atoms with Crippen molar-refractivity contribution in [1.82, 2.24) is 0 Å². The Bertz CT molecular complexity index is 419. The van der Waals surface area contributed by atoms with E-state index in [2.05, 4.69) is 43.8 Å². The van der Waals surface area contributed by atoms with Crippen LogP contribution >= 0.6 is 0 Å². The van der Waals surface area contributed by atoms with Crippen LogP contribution in [0.25, 0.3) is 5.57 Å².